The highest BCUT2D eigenvalue weighted by molar-refractivity contribution is 6.03. The van der Waals surface area contributed by atoms with Crippen molar-refractivity contribution in [2.75, 3.05) is 17.7 Å². The number of methoxy groups -OCH3 is 1. The minimum atomic E-state index is -0.256. The highest BCUT2D eigenvalue weighted by atomic mass is 16.5. The summed E-state index contributed by atoms with van der Waals surface area (Å²) < 4.78 is 10.3. The van der Waals surface area contributed by atoms with Gasteiger partial charge in [0, 0.05) is 22.6 Å². The Hall–Kier alpha value is -3.21. The number of hydrogen-bond donors (Lipinski definition) is 2. The van der Waals surface area contributed by atoms with E-state index in [4.69, 9.17) is 9.15 Å². The lowest BCUT2D eigenvalue weighted by Gasteiger charge is -2.09. The molecule has 3 rings (SSSR count). The van der Waals surface area contributed by atoms with Crippen LogP contribution in [0.3, 0.4) is 0 Å². The number of nitrogens with one attached hydrogen (secondary N) is 2. The molecule has 0 aliphatic heterocycles. The van der Waals surface area contributed by atoms with E-state index in [1.807, 2.05) is 55.5 Å². The molecule has 3 aromatic rings. The molecule has 0 bridgehead atoms. The van der Waals surface area contributed by atoms with Crippen molar-refractivity contribution in [1.29, 1.82) is 0 Å². The van der Waals surface area contributed by atoms with Crippen molar-refractivity contribution >= 4 is 23.0 Å². The smallest absolute Gasteiger partial charge is 0.291 e. The molecule has 0 saturated carbocycles. The van der Waals surface area contributed by atoms with E-state index in [9.17, 15) is 4.79 Å². The summed E-state index contributed by atoms with van der Waals surface area (Å²) >= 11 is 0. The van der Waals surface area contributed by atoms with Crippen LogP contribution in [0.5, 0.6) is 5.75 Å². The number of hydrogen-bond acceptors (Lipinski definition) is 4. The largest absolute Gasteiger partial charge is 0.497 e. The van der Waals surface area contributed by atoms with Crippen LogP contribution in [0, 0.1) is 6.92 Å². The summed E-state index contributed by atoms with van der Waals surface area (Å²) in [6.45, 7) is 1.83. The predicted molar refractivity (Wildman–Crippen MR) is 94.1 cm³/mol. The molecule has 1 amide bonds. The molecule has 0 aliphatic carbocycles. The third kappa shape index (κ3) is 3.57. The molecule has 122 valence electrons. The maximum atomic E-state index is 12.1. The maximum Gasteiger partial charge on any atom is 0.291 e. The Labute approximate surface area is 140 Å². The fourth-order valence-electron chi connectivity index (χ4n) is 2.27. The molecule has 2 aromatic carbocycles. The first kappa shape index (κ1) is 15.7. The van der Waals surface area contributed by atoms with Crippen molar-refractivity contribution in [3.05, 3.63) is 72.2 Å². The van der Waals surface area contributed by atoms with Crippen molar-refractivity contribution in [2.45, 2.75) is 6.92 Å². The number of aryl methyl sites for hydroxylation is 1. The first-order valence-electron chi connectivity index (χ1n) is 7.52. The zero-order valence-electron chi connectivity index (χ0n) is 13.5. The summed E-state index contributed by atoms with van der Waals surface area (Å²) in [7, 11) is 1.64. The van der Waals surface area contributed by atoms with Crippen LogP contribution in [-0.4, -0.2) is 13.0 Å². The molecular formula is C19H18N2O3. The number of amides is 1. The molecule has 0 aliphatic rings. The number of anilines is 3. The number of carbonyl (C=O) groups is 1. The fraction of sp³-hybridized carbons (Fsp3) is 0.105. The monoisotopic (exact) mass is 322 g/mol. The number of ether oxygens (including phenoxy) is 1. The molecule has 0 saturated heterocycles. The van der Waals surface area contributed by atoms with Gasteiger partial charge in [-0.25, -0.2) is 0 Å². The van der Waals surface area contributed by atoms with Crippen molar-refractivity contribution in [1.82, 2.24) is 0 Å². The highest BCUT2D eigenvalue weighted by Crippen LogP contribution is 2.22. The van der Waals surface area contributed by atoms with Crippen LogP contribution in [0.15, 0.2) is 65.3 Å². The molecule has 0 radical (unpaired) electrons. The second-order valence-electron chi connectivity index (χ2n) is 5.32. The van der Waals surface area contributed by atoms with Crippen molar-refractivity contribution < 1.29 is 13.9 Å². The minimum absolute atomic E-state index is 0.256. The van der Waals surface area contributed by atoms with Gasteiger partial charge < -0.3 is 19.8 Å². The average Bonchev–Trinajstić information content (AvgIpc) is 3.03. The summed E-state index contributed by atoms with van der Waals surface area (Å²) in [6.07, 6.45) is 1.51. The predicted octanol–water partition coefficient (Wildman–Crippen LogP) is 4.59. The van der Waals surface area contributed by atoms with Crippen LogP contribution in [0.2, 0.25) is 0 Å². The van der Waals surface area contributed by atoms with Gasteiger partial charge >= 0.3 is 0 Å². The standard InChI is InChI=1S/C19H18N2O3/c1-13-11-12-24-18(13)19(22)21-16-5-3-14(4-6-16)20-15-7-9-17(23-2)10-8-15/h3-12,20H,1-2H3,(H,21,22). The molecule has 2 N–H and O–H groups in total. The number of rotatable bonds is 5. The molecule has 24 heavy (non-hydrogen) atoms. The van der Waals surface area contributed by atoms with Gasteiger partial charge in [-0.15, -0.1) is 0 Å². The van der Waals surface area contributed by atoms with Gasteiger partial charge in [0.25, 0.3) is 5.91 Å². The van der Waals surface area contributed by atoms with Gasteiger partial charge in [0.2, 0.25) is 0 Å². The minimum Gasteiger partial charge on any atom is -0.497 e. The Morgan fingerprint density at radius 2 is 1.50 bits per heavy atom. The summed E-state index contributed by atoms with van der Waals surface area (Å²) in [6, 6.07) is 16.9. The molecule has 0 spiro atoms. The lowest BCUT2D eigenvalue weighted by Crippen LogP contribution is -2.11. The Morgan fingerprint density at radius 1 is 0.917 bits per heavy atom. The van der Waals surface area contributed by atoms with E-state index in [-0.39, 0.29) is 5.91 Å². The molecule has 1 heterocycles. The van der Waals surface area contributed by atoms with Crippen LogP contribution >= 0.6 is 0 Å². The lowest BCUT2D eigenvalue weighted by molar-refractivity contribution is 0.0996. The first-order valence-corrected chi connectivity index (χ1v) is 7.52. The Bertz CT molecular complexity index is 821. The Balaban J connectivity index is 1.64. The summed E-state index contributed by atoms with van der Waals surface area (Å²) in [4.78, 5) is 12.1. The number of furan rings is 1. The maximum absolute atomic E-state index is 12.1. The molecule has 0 atom stereocenters. The molecule has 5 heteroatoms. The number of carbonyl (C=O) groups excluding carboxylic acids is 1. The van der Waals surface area contributed by atoms with E-state index >= 15 is 0 Å². The third-order valence-corrected chi connectivity index (χ3v) is 3.59. The Morgan fingerprint density at radius 3 is 2.04 bits per heavy atom. The second-order valence-corrected chi connectivity index (χ2v) is 5.32. The molecule has 0 fully saturated rings. The van der Waals surface area contributed by atoms with E-state index in [0.29, 0.717) is 11.4 Å². The van der Waals surface area contributed by atoms with Gasteiger partial charge in [-0.3, -0.25) is 4.79 Å². The van der Waals surface area contributed by atoms with Gasteiger partial charge in [-0.05, 0) is 61.5 Å². The molecule has 1 aromatic heterocycles. The second kappa shape index (κ2) is 6.91. The SMILES string of the molecule is COc1ccc(Nc2ccc(NC(=O)c3occc3C)cc2)cc1. The topological polar surface area (TPSA) is 63.5 Å². The molecule has 5 nitrogen and oxygen atoms in total. The van der Waals surface area contributed by atoms with E-state index in [1.165, 1.54) is 6.26 Å². The summed E-state index contributed by atoms with van der Waals surface area (Å²) in [5.74, 6) is 0.885. The Kier molecular flexibility index (Phi) is 4.52. The van der Waals surface area contributed by atoms with E-state index in [1.54, 1.807) is 13.2 Å². The third-order valence-electron chi connectivity index (χ3n) is 3.59. The van der Waals surface area contributed by atoms with Crippen LogP contribution in [0.4, 0.5) is 17.1 Å². The first-order chi connectivity index (χ1) is 11.7. The van der Waals surface area contributed by atoms with Gasteiger partial charge in [-0.2, -0.15) is 0 Å². The van der Waals surface area contributed by atoms with E-state index < -0.39 is 0 Å². The van der Waals surface area contributed by atoms with Crippen LogP contribution in [-0.2, 0) is 0 Å². The van der Waals surface area contributed by atoms with Gasteiger partial charge in [0.1, 0.15) is 5.75 Å². The van der Waals surface area contributed by atoms with Gasteiger partial charge in [0.15, 0.2) is 5.76 Å². The summed E-state index contributed by atoms with van der Waals surface area (Å²) in [5, 5.41) is 6.10. The van der Waals surface area contributed by atoms with Crippen molar-refractivity contribution in [2.24, 2.45) is 0 Å². The molecule has 0 unspecified atom stereocenters. The average molecular weight is 322 g/mol. The highest BCUT2D eigenvalue weighted by Gasteiger charge is 2.12. The summed E-state index contributed by atoms with van der Waals surface area (Å²) in [5.41, 5.74) is 3.40. The van der Waals surface area contributed by atoms with Gasteiger partial charge in [0.05, 0.1) is 13.4 Å². The zero-order chi connectivity index (χ0) is 16.9. The van der Waals surface area contributed by atoms with E-state index in [0.717, 1.165) is 22.7 Å². The van der Waals surface area contributed by atoms with E-state index in [2.05, 4.69) is 10.6 Å². The van der Waals surface area contributed by atoms with Crippen LogP contribution < -0.4 is 15.4 Å². The van der Waals surface area contributed by atoms with Crippen molar-refractivity contribution in [3.63, 3.8) is 0 Å². The van der Waals surface area contributed by atoms with Crippen LogP contribution in [0.25, 0.3) is 0 Å². The quantitative estimate of drug-likeness (QED) is 0.721. The normalized spacial score (nSPS) is 10.2. The van der Waals surface area contributed by atoms with Gasteiger partial charge in [-0.1, -0.05) is 0 Å². The molecular weight excluding hydrogens is 304 g/mol. The zero-order valence-corrected chi connectivity index (χ0v) is 13.5. The van der Waals surface area contributed by atoms with Crippen molar-refractivity contribution in [3.8, 4) is 5.75 Å². The number of benzene rings is 2. The lowest BCUT2D eigenvalue weighted by atomic mass is 10.2. The fourth-order valence-corrected chi connectivity index (χ4v) is 2.27. The van der Waals surface area contributed by atoms with Crippen LogP contribution in [0.1, 0.15) is 16.1 Å².